The fourth-order valence-corrected chi connectivity index (χ4v) is 1.37. The topological polar surface area (TPSA) is 78.9 Å². The number of urea groups is 1. The molecule has 0 aliphatic heterocycles. The zero-order valence-electron chi connectivity index (χ0n) is 10.6. The maximum absolute atomic E-state index is 12.8. The van der Waals surface area contributed by atoms with Crippen LogP contribution in [0.3, 0.4) is 0 Å². The first-order valence-corrected chi connectivity index (χ1v) is 5.47. The number of halogens is 1. The van der Waals surface area contributed by atoms with Gasteiger partial charge in [0.05, 0.1) is 6.61 Å². The summed E-state index contributed by atoms with van der Waals surface area (Å²) < 4.78 is 17.5. The first-order valence-electron chi connectivity index (χ1n) is 5.47. The molecule has 0 heterocycles. The normalized spacial score (nSPS) is 11.7. The number of aliphatic carboxylic acids is 1. The van der Waals surface area contributed by atoms with Gasteiger partial charge in [0.2, 0.25) is 0 Å². The molecule has 2 amide bonds. The van der Waals surface area contributed by atoms with Crippen molar-refractivity contribution in [1.29, 1.82) is 0 Å². The Hall–Kier alpha value is -2.15. The Morgan fingerprint density at radius 2 is 2.00 bits per heavy atom. The molecule has 0 aromatic heterocycles. The number of nitrogens with one attached hydrogen (secondary N) is 1. The van der Waals surface area contributed by atoms with Crippen LogP contribution in [-0.4, -0.2) is 43.9 Å². The predicted octanol–water partition coefficient (Wildman–Crippen LogP) is 1.07. The number of benzene rings is 1. The number of carbonyl (C=O) groups is 2. The zero-order chi connectivity index (χ0) is 14.4. The van der Waals surface area contributed by atoms with Crippen LogP contribution in [0.2, 0.25) is 0 Å². The Balaban J connectivity index is 2.71. The lowest BCUT2D eigenvalue weighted by Gasteiger charge is -2.21. The molecule has 104 valence electrons. The van der Waals surface area contributed by atoms with Gasteiger partial charge in [-0.1, -0.05) is 0 Å². The number of carboxylic acid groups (broad SMARTS) is 1. The molecule has 7 heteroatoms. The number of rotatable bonds is 5. The van der Waals surface area contributed by atoms with Crippen molar-refractivity contribution in [2.24, 2.45) is 0 Å². The summed E-state index contributed by atoms with van der Waals surface area (Å²) in [6, 6.07) is 3.50. The van der Waals surface area contributed by atoms with Crippen molar-refractivity contribution in [3.8, 4) is 0 Å². The van der Waals surface area contributed by atoms with Crippen LogP contribution in [-0.2, 0) is 9.53 Å². The van der Waals surface area contributed by atoms with Crippen molar-refractivity contribution < 1.29 is 23.8 Å². The number of ether oxygens (including phenoxy) is 1. The van der Waals surface area contributed by atoms with Crippen molar-refractivity contribution in [3.05, 3.63) is 30.1 Å². The van der Waals surface area contributed by atoms with Gasteiger partial charge in [-0.2, -0.15) is 0 Å². The van der Waals surface area contributed by atoms with Crippen LogP contribution in [0.4, 0.5) is 14.9 Å². The maximum atomic E-state index is 12.8. The third kappa shape index (κ3) is 4.22. The Bertz CT molecular complexity index is 450. The summed E-state index contributed by atoms with van der Waals surface area (Å²) in [6.07, 6.45) is 0. The van der Waals surface area contributed by atoms with E-state index in [1.54, 1.807) is 0 Å². The molecule has 2 N–H and O–H groups in total. The van der Waals surface area contributed by atoms with Gasteiger partial charge >= 0.3 is 12.0 Å². The molecular weight excluding hydrogens is 255 g/mol. The van der Waals surface area contributed by atoms with Crippen LogP contribution >= 0.6 is 0 Å². The molecule has 1 aromatic carbocycles. The van der Waals surface area contributed by atoms with E-state index in [9.17, 15) is 14.0 Å². The Labute approximate surface area is 109 Å². The smallest absolute Gasteiger partial charge is 0.328 e. The predicted molar refractivity (Wildman–Crippen MR) is 66.6 cm³/mol. The number of carbonyl (C=O) groups excluding carboxylic acids is 1. The van der Waals surface area contributed by atoms with Gasteiger partial charge in [-0.05, 0) is 24.3 Å². The van der Waals surface area contributed by atoms with Crippen molar-refractivity contribution >= 4 is 17.7 Å². The van der Waals surface area contributed by atoms with Gasteiger partial charge in [0.25, 0.3) is 0 Å². The monoisotopic (exact) mass is 270 g/mol. The molecule has 0 aliphatic carbocycles. The van der Waals surface area contributed by atoms with Crippen LogP contribution in [0, 0.1) is 5.82 Å². The zero-order valence-corrected chi connectivity index (χ0v) is 10.6. The summed E-state index contributed by atoms with van der Waals surface area (Å²) >= 11 is 0. The van der Waals surface area contributed by atoms with E-state index in [0.717, 1.165) is 0 Å². The molecule has 6 nitrogen and oxygen atoms in total. The summed E-state index contributed by atoms with van der Waals surface area (Å²) in [4.78, 5) is 23.9. The second-order valence-corrected chi connectivity index (χ2v) is 3.83. The minimum Gasteiger partial charge on any atom is -0.480 e. The molecule has 0 aliphatic rings. The standard InChI is InChI=1S/C12H15FN2O4/c1-15(9-5-3-8(13)4-6-9)12(18)14-10(7-19-2)11(16)17/h3-6,10H,7H2,1-2H3,(H,14,18)(H,16,17). The molecule has 0 fully saturated rings. The lowest BCUT2D eigenvalue weighted by Crippen LogP contribution is -2.48. The molecule has 0 saturated carbocycles. The Morgan fingerprint density at radius 3 is 2.47 bits per heavy atom. The number of carboxylic acids is 1. The quantitative estimate of drug-likeness (QED) is 0.839. The third-order valence-electron chi connectivity index (χ3n) is 2.45. The summed E-state index contributed by atoms with van der Waals surface area (Å²) in [6.45, 7) is -0.141. The SMILES string of the molecule is COCC(NC(=O)N(C)c1ccc(F)cc1)C(=O)O. The van der Waals surface area contributed by atoms with E-state index in [0.29, 0.717) is 5.69 Å². The van der Waals surface area contributed by atoms with Crippen LogP contribution in [0.15, 0.2) is 24.3 Å². The molecule has 0 saturated heterocycles. The third-order valence-corrected chi connectivity index (χ3v) is 2.45. The van der Waals surface area contributed by atoms with Crippen molar-refractivity contribution in [3.63, 3.8) is 0 Å². The highest BCUT2D eigenvalue weighted by Gasteiger charge is 2.22. The molecular formula is C12H15FN2O4. The lowest BCUT2D eigenvalue weighted by molar-refractivity contribution is -0.140. The first-order chi connectivity index (χ1) is 8.95. The Morgan fingerprint density at radius 1 is 1.42 bits per heavy atom. The van der Waals surface area contributed by atoms with Crippen molar-refractivity contribution in [1.82, 2.24) is 5.32 Å². The Kier molecular flexibility index (Phi) is 5.25. The molecule has 1 aromatic rings. The number of nitrogens with zero attached hydrogens (tertiary/aromatic N) is 1. The maximum Gasteiger partial charge on any atom is 0.328 e. The second kappa shape index (κ2) is 6.69. The summed E-state index contributed by atoms with van der Waals surface area (Å²) in [5.41, 5.74) is 0.445. The first kappa shape index (κ1) is 14.9. The number of anilines is 1. The molecule has 0 radical (unpaired) electrons. The van der Waals surface area contributed by atoms with Gasteiger partial charge in [-0.3, -0.25) is 4.90 Å². The van der Waals surface area contributed by atoms with Crippen LogP contribution in [0.1, 0.15) is 0 Å². The fraction of sp³-hybridized carbons (Fsp3) is 0.333. The van der Waals surface area contributed by atoms with Gasteiger partial charge in [0, 0.05) is 19.8 Å². The summed E-state index contributed by atoms with van der Waals surface area (Å²) in [7, 11) is 2.79. The van der Waals surface area contributed by atoms with Gasteiger partial charge in [-0.25, -0.2) is 14.0 Å². The molecule has 1 unspecified atom stereocenters. The highest BCUT2D eigenvalue weighted by Crippen LogP contribution is 2.13. The highest BCUT2D eigenvalue weighted by molar-refractivity contribution is 5.93. The van der Waals surface area contributed by atoms with E-state index in [1.165, 1.54) is 43.3 Å². The van der Waals surface area contributed by atoms with E-state index < -0.39 is 23.9 Å². The summed E-state index contributed by atoms with van der Waals surface area (Å²) in [5.74, 6) is -1.61. The minimum atomic E-state index is -1.19. The number of hydrogen-bond donors (Lipinski definition) is 2. The average molecular weight is 270 g/mol. The van der Waals surface area contributed by atoms with Gasteiger partial charge in [0.1, 0.15) is 5.82 Å². The van der Waals surface area contributed by atoms with E-state index in [2.05, 4.69) is 5.32 Å². The molecule has 0 bridgehead atoms. The largest absolute Gasteiger partial charge is 0.480 e. The lowest BCUT2D eigenvalue weighted by atomic mass is 10.3. The fourth-order valence-electron chi connectivity index (χ4n) is 1.37. The van der Waals surface area contributed by atoms with Crippen LogP contribution in [0.5, 0.6) is 0 Å². The molecule has 1 atom stereocenters. The number of hydrogen-bond acceptors (Lipinski definition) is 3. The molecule has 19 heavy (non-hydrogen) atoms. The summed E-state index contributed by atoms with van der Waals surface area (Å²) in [5, 5.41) is 11.2. The highest BCUT2D eigenvalue weighted by atomic mass is 19.1. The second-order valence-electron chi connectivity index (χ2n) is 3.83. The van der Waals surface area contributed by atoms with E-state index in [1.807, 2.05) is 0 Å². The van der Waals surface area contributed by atoms with E-state index in [-0.39, 0.29) is 6.61 Å². The molecule has 1 rings (SSSR count). The van der Waals surface area contributed by atoms with Gasteiger partial charge in [-0.15, -0.1) is 0 Å². The van der Waals surface area contributed by atoms with Crippen molar-refractivity contribution in [2.75, 3.05) is 25.7 Å². The van der Waals surface area contributed by atoms with Gasteiger partial charge in [0.15, 0.2) is 6.04 Å². The number of methoxy groups -OCH3 is 1. The number of amides is 2. The van der Waals surface area contributed by atoms with Crippen molar-refractivity contribution in [2.45, 2.75) is 6.04 Å². The molecule has 0 spiro atoms. The minimum absolute atomic E-state index is 0.141. The van der Waals surface area contributed by atoms with E-state index in [4.69, 9.17) is 9.84 Å². The van der Waals surface area contributed by atoms with Gasteiger partial charge < -0.3 is 15.2 Å². The van der Waals surface area contributed by atoms with E-state index >= 15 is 0 Å². The van der Waals surface area contributed by atoms with Crippen LogP contribution < -0.4 is 10.2 Å². The average Bonchev–Trinajstić information content (AvgIpc) is 2.38. The van der Waals surface area contributed by atoms with Crippen LogP contribution in [0.25, 0.3) is 0 Å².